The van der Waals surface area contributed by atoms with Crippen LogP contribution >= 0.6 is 0 Å². The Morgan fingerprint density at radius 3 is 2.37 bits per heavy atom. The minimum atomic E-state index is -0.570. The zero-order valence-corrected chi connectivity index (χ0v) is 23.0. The molecule has 5 rings (SSSR count). The molecule has 0 fully saturated rings. The lowest BCUT2D eigenvalue weighted by atomic mass is 9.96. The molecule has 0 amide bonds. The maximum Gasteiger partial charge on any atom is 0.415 e. The average Bonchev–Trinajstić information content (AvgIpc) is 3.42. The summed E-state index contributed by atoms with van der Waals surface area (Å²) in [6, 6.07) is 24.8. The highest BCUT2D eigenvalue weighted by Crippen LogP contribution is 2.31. The van der Waals surface area contributed by atoms with Crippen LogP contribution in [0.15, 0.2) is 82.1 Å². The van der Waals surface area contributed by atoms with Crippen LogP contribution in [0.5, 0.6) is 11.8 Å². The number of nitriles is 1. The lowest BCUT2D eigenvalue weighted by Crippen LogP contribution is -2.28. The molecule has 9 nitrogen and oxygen atoms in total. The third-order valence-electron chi connectivity index (χ3n) is 6.74. The summed E-state index contributed by atoms with van der Waals surface area (Å²) >= 11 is 0. The Balaban J connectivity index is 1.47. The Bertz CT molecular complexity index is 1770. The largest absolute Gasteiger partial charge is 0.476 e. The summed E-state index contributed by atoms with van der Waals surface area (Å²) < 4.78 is 11.9. The lowest BCUT2D eigenvalue weighted by molar-refractivity contribution is 0.267. The summed E-state index contributed by atoms with van der Waals surface area (Å²) in [5, 5.41) is 22.4. The molecule has 1 unspecified atom stereocenters. The normalized spacial score (nSPS) is 11.7. The van der Waals surface area contributed by atoms with Crippen LogP contribution in [0.3, 0.4) is 0 Å². The molecular formula is C32H29N5O4. The molecule has 0 aliphatic carbocycles. The van der Waals surface area contributed by atoms with Crippen LogP contribution in [-0.4, -0.2) is 30.9 Å². The lowest BCUT2D eigenvalue weighted by Gasteiger charge is -2.16. The summed E-state index contributed by atoms with van der Waals surface area (Å²) in [5.74, 6) is 1.47. The van der Waals surface area contributed by atoms with Crippen molar-refractivity contribution in [1.82, 2.24) is 19.7 Å². The monoisotopic (exact) mass is 547 g/mol. The molecule has 2 aromatic heterocycles. The number of hydrogen-bond acceptors (Lipinski definition) is 8. The number of ether oxygens (including phenoxy) is 1. The van der Waals surface area contributed by atoms with Crippen molar-refractivity contribution >= 4 is 0 Å². The molecule has 3 aromatic carbocycles. The molecule has 1 atom stereocenters. The second-order valence-electron chi connectivity index (χ2n) is 9.68. The molecule has 0 saturated heterocycles. The van der Waals surface area contributed by atoms with Gasteiger partial charge in [0.15, 0.2) is 6.10 Å². The summed E-state index contributed by atoms with van der Waals surface area (Å²) in [5.41, 5.74) is 5.58. The summed E-state index contributed by atoms with van der Waals surface area (Å²) in [7, 11) is 0. The molecular weight excluding hydrogens is 518 g/mol. The number of aromatic nitrogens is 4. The molecule has 0 saturated carbocycles. The highest BCUT2D eigenvalue weighted by atomic mass is 16.6. The maximum absolute atomic E-state index is 13.9. The van der Waals surface area contributed by atoms with E-state index in [9.17, 15) is 9.90 Å². The van der Waals surface area contributed by atoms with Crippen molar-refractivity contribution in [2.75, 3.05) is 0 Å². The topological polar surface area (TPSA) is 127 Å². The third-order valence-corrected chi connectivity index (χ3v) is 6.74. The number of aryl methyl sites for hydroxylation is 2. The Labute approximate surface area is 237 Å². The van der Waals surface area contributed by atoms with Crippen LogP contribution < -0.4 is 10.3 Å². The summed E-state index contributed by atoms with van der Waals surface area (Å²) in [4.78, 5) is 22.7. The third kappa shape index (κ3) is 5.87. The fourth-order valence-corrected chi connectivity index (χ4v) is 4.81. The predicted molar refractivity (Wildman–Crippen MR) is 154 cm³/mol. The van der Waals surface area contributed by atoms with Gasteiger partial charge >= 0.3 is 6.08 Å². The van der Waals surface area contributed by atoms with Gasteiger partial charge in [-0.05, 0) is 61.2 Å². The zero-order chi connectivity index (χ0) is 28.9. The van der Waals surface area contributed by atoms with E-state index in [4.69, 9.17) is 19.5 Å². The molecule has 5 aromatic rings. The van der Waals surface area contributed by atoms with Crippen molar-refractivity contribution in [2.45, 2.75) is 46.1 Å². The van der Waals surface area contributed by atoms with Crippen molar-refractivity contribution < 1.29 is 14.4 Å². The summed E-state index contributed by atoms with van der Waals surface area (Å²) in [6.07, 6.45) is 0.951. The summed E-state index contributed by atoms with van der Waals surface area (Å²) in [6.45, 7) is 5.58. The van der Waals surface area contributed by atoms with Gasteiger partial charge in [0, 0.05) is 17.5 Å². The Morgan fingerprint density at radius 2 is 1.73 bits per heavy atom. The first kappa shape index (κ1) is 27.3. The molecule has 0 bridgehead atoms. The minimum absolute atomic E-state index is 0.105. The molecule has 0 radical (unpaired) electrons. The molecule has 9 heteroatoms. The first-order valence-electron chi connectivity index (χ1n) is 13.4. The number of rotatable bonds is 9. The van der Waals surface area contributed by atoms with Crippen LogP contribution in [0, 0.1) is 18.3 Å². The predicted octanol–water partition coefficient (Wildman–Crippen LogP) is 5.80. The van der Waals surface area contributed by atoms with E-state index in [1.807, 2.05) is 61.5 Å². The smallest absolute Gasteiger partial charge is 0.415 e. The molecule has 2 heterocycles. The molecule has 41 heavy (non-hydrogen) atoms. The molecule has 0 spiro atoms. The standard InChI is InChI=1S/C32H29N5O4/c1-4-7-29-28(31(38)37(21(3)34-29)24-14-16-25(17-15-24)40-20(2)19-33)18-22-10-12-23(13-11-22)26-8-5-6-9-27(26)30-35-32(39)41-36-30/h5-6,8-17,20H,4,7,18H2,1-3H3,(H,35,36,39). The van der Waals surface area contributed by atoms with Crippen molar-refractivity contribution in [3.05, 3.63) is 106 Å². The fourth-order valence-electron chi connectivity index (χ4n) is 4.81. The first-order chi connectivity index (χ1) is 19.9. The molecule has 0 aliphatic rings. The van der Waals surface area contributed by atoms with Crippen molar-refractivity contribution in [1.29, 1.82) is 5.26 Å². The van der Waals surface area contributed by atoms with E-state index in [0.29, 0.717) is 41.5 Å². The van der Waals surface area contributed by atoms with Crippen LogP contribution in [-0.2, 0) is 12.8 Å². The van der Waals surface area contributed by atoms with E-state index in [1.54, 1.807) is 35.8 Å². The van der Waals surface area contributed by atoms with Crippen LogP contribution in [0.1, 0.15) is 42.9 Å². The number of aromatic hydroxyl groups is 1. The second kappa shape index (κ2) is 11.9. The van der Waals surface area contributed by atoms with E-state index in [0.717, 1.165) is 34.4 Å². The zero-order valence-electron chi connectivity index (χ0n) is 23.0. The number of hydrogen-bond donors (Lipinski definition) is 1. The van der Waals surface area contributed by atoms with Crippen LogP contribution in [0.4, 0.5) is 0 Å². The second-order valence-corrected chi connectivity index (χ2v) is 9.68. The van der Waals surface area contributed by atoms with Crippen LogP contribution in [0.2, 0.25) is 0 Å². The quantitative estimate of drug-likeness (QED) is 0.245. The van der Waals surface area contributed by atoms with E-state index < -0.39 is 12.2 Å². The van der Waals surface area contributed by atoms with E-state index in [-0.39, 0.29) is 5.56 Å². The minimum Gasteiger partial charge on any atom is -0.476 e. The average molecular weight is 548 g/mol. The van der Waals surface area contributed by atoms with Gasteiger partial charge in [0.25, 0.3) is 5.56 Å². The Morgan fingerprint density at radius 1 is 1.02 bits per heavy atom. The highest BCUT2D eigenvalue weighted by Gasteiger charge is 2.17. The van der Waals surface area contributed by atoms with Crippen molar-refractivity contribution in [3.63, 3.8) is 0 Å². The Kier molecular flexibility index (Phi) is 7.92. The fraction of sp³-hybridized carbons (Fsp3) is 0.219. The van der Waals surface area contributed by atoms with E-state index in [2.05, 4.69) is 17.1 Å². The van der Waals surface area contributed by atoms with Gasteiger partial charge in [-0.15, -0.1) is 0 Å². The van der Waals surface area contributed by atoms with Gasteiger partial charge in [0.1, 0.15) is 17.6 Å². The van der Waals surface area contributed by atoms with Gasteiger partial charge in [0.2, 0.25) is 5.82 Å². The van der Waals surface area contributed by atoms with Crippen molar-refractivity contribution in [3.8, 4) is 46.1 Å². The van der Waals surface area contributed by atoms with Gasteiger partial charge in [-0.25, -0.2) is 4.98 Å². The SMILES string of the molecule is CCCc1nc(C)n(-c2ccc(OC(C)C#N)cc2)c(=O)c1Cc1ccc(-c2ccccc2-c2noc(O)n2)cc1. The highest BCUT2D eigenvalue weighted by molar-refractivity contribution is 5.80. The van der Waals surface area contributed by atoms with E-state index in [1.165, 1.54) is 0 Å². The van der Waals surface area contributed by atoms with E-state index >= 15 is 0 Å². The molecule has 1 N–H and O–H groups in total. The molecule has 206 valence electrons. The van der Waals surface area contributed by atoms with Crippen LogP contribution in [0.25, 0.3) is 28.2 Å². The van der Waals surface area contributed by atoms with Gasteiger partial charge in [-0.1, -0.05) is 67.0 Å². The maximum atomic E-state index is 13.9. The first-order valence-corrected chi connectivity index (χ1v) is 13.4. The molecule has 0 aliphatic heterocycles. The number of benzene rings is 3. The van der Waals surface area contributed by atoms with Gasteiger partial charge < -0.3 is 9.84 Å². The van der Waals surface area contributed by atoms with Crippen molar-refractivity contribution in [2.24, 2.45) is 0 Å². The van der Waals surface area contributed by atoms with Gasteiger partial charge in [-0.2, -0.15) is 10.2 Å². The number of nitrogens with zero attached hydrogens (tertiary/aromatic N) is 5. The van der Waals surface area contributed by atoms with Gasteiger partial charge in [0.05, 0.1) is 11.4 Å². The van der Waals surface area contributed by atoms with Gasteiger partial charge in [-0.3, -0.25) is 13.9 Å². The Hall–Kier alpha value is -5.23.